The largest absolute Gasteiger partial charge is 0.340 e. The number of carbonyl (C=O) groups excluding carboxylic acids is 1. The zero-order chi connectivity index (χ0) is 14.7. The highest BCUT2D eigenvalue weighted by molar-refractivity contribution is 5.77. The summed E-state index contributed by atoms with van der Waals surface area (Å²) in [6.07, 6.45) is 11.9. The summed E-state index contributed by atoms with van der Waals surface area (Å²) in [6.45, 7) is 0.953. The van der Waals surface area contributed by atoms with Crippen LogP contribution in [0.3, 0.4) is 0 Å². The lowest BCUT2D eigenvalue weighted by atomic mass is 10.0. The Bertz CT molecular complexity index is 478. The van der Waals surface area contributed by atoms with Crippen molar-refractivity contribution in [3.05, 3.63) is 12.2 Å². The van der Waals surface area contributed by atoms with Crippen LogP contribution in [0.1, 0.15) is 57.2 Å². The van der Waals surface area contributed by atoms with Crippen molar-refractivity contribution in [1.82, 2.24) is 19.7 Å². The maximum absolute atomic E-state index is 12.5. The van der Waals surface area contributed by atoms with Gasteiger partial charge in [-0.2, -0.15) is 0 Å². The van der Waals surface area contributed by atoms with Crippen molar-refractivity contribution in [2.24, 2.45) is 13.0 Å². The number of likely N-dealkylation sites (tertiary alicyclic amines) is 1. The standard InChI is InChI=1S/C16H26N4O/c1-19-12-17-18-15(19)9-8-14-7-4-10-20(14)16(21)11-13-5-2-3-6-13/h12-14H,2-11H2,1H3. The van der Waals surface area contributed by atoms with E-state index in [1.54, 1.807) is 6.33 Å². The monoisotopic (exact) mass is 290 g/mol. The van der Waals surface area contributed by atoms with E-state index >= 15 is 0 Å². The van der Waals surface area contributed by atoms with Gasteiger partial charge in [-0.25, -0.2) is 0 Å². The average molecular weight is 290 g/mol. The van der Waals surface area contributed by atoms with Crippen molar-refractivity contribution in [3.63, 3.8) is 0 Å². The number of rotatable bonds is 5. The van der Waals surface area contributed by atoms with Gasteiger partial charge in [0, 0.05) is 32.5 Å². The molecule has 0 bridgehead atoms. The van der Waals surface area contributed by atoms with Crippen LogP contribution in [-0.4, -0.2) is 38.2 Å². The van der Waals surface area contributed by atoms with Gasteiger partial charge in [-0.3, -0.25) is 4.79 Å². The van der Waals surface area contributed by atoms with E-state index in [1.807, 2.05) is 11.6 Å². The number of nitrogens with zero attached hydrogens (tertiary/aromatic N) is 4. The molecule has 5 heteroatoms. The summed E-state index contributed by atoms with van der Waals surface area (Å²) in [5.74, 6) is 2.06. The Hall–Kier alpha value is -1.39. The Morgan fingerprint density at radius 3 is 2.81 bits per heavy atom. The predicted octanol–water partition coefficient (Wildman–Crippen LogP) is 2.32. The Labute approximate surface area is 126 Å². The number of carbonyl (C=O) groups is 1. The van der Waals surface area contributed by atoms with Gasteiger partial charge in [-0.1, -0.05) is 12.8 Å². The topological polar surface area (TPSA) is 51.0 Å². The van der Waals surface area contributed by atoms with Crippen LogP contribution in [0.4, 0.5) is 0 Å². The molecule has 1 atom stereocenters. The molecule has 116 valence electrons. The molecule has 0 aromatic carbocycles. The molecule has 2 heterocycles. The van der Waals surface area contributed by atoms with Gasteiger partial charge in [0.1, 0.15) is 12.2 Å². The molecule has 1 aromatic rings. The maximum Gasteiger partial charge on any atom is 0.223 e. The summed E-state index contributed by atoms with van der Waals surface area (Å²) in [4.78, 5) is 14.7. The summed E-state index contributed by atoms with van der Waals surface area (Å²) in [5.41, 5.74) is 0. The van der Waals surface area contributed by atoms with E-state index in [4.69, 9.17) is 0 Å². The minimum atomic E-state index is 0.391. The normalized spacial score (nSPS) is 23.1. The molecule has 21 heavy (non-hydrogen) atoms. The third-order valence-corrected chi connectivity index (χ3v) is 5.14. The molecule has 5 nitrogen and oxygen atoms in total. The van der Waals surface area contributed by atoms with Crippen molar-refractivity contribution in [3.8, 4) is 0 Å². The smallest absolute Gasteiger partial charge is 0.223 e. The van der Waals surface area contributed by atoms with E-state index in [2.05, 4.69) is 15.1 Å². The number of amides is 1. The number of hydrogen-bond donors (Lipinski definition) is 0. The second-order valence-electron chi connectivity index (χ2n) is 6.63. The lowest BCUT2D eigenvalue weighted by Gasteiger charge is -2.26. The van der Waals surface area contributed by atoms with Crippen LogP contribution < -0.4 is 0 Å². The van der Waals surface area contributed by atoms with Crippen LogP contribution in [-0.2, 0) is 18.3 Å². The van der Waals surface area contributed by atoms with Crippen molar-refractivity contribution in [1.29, 1.82) is 0 Å². The Morgan fingerprint density at radius 2 is 2.10 bits per heavy atom. The fourth-order valence-corrected chi connectivity index (χ4v) is 3.87. The van der Waals surface area contributed by atoms with E-state index < -0.39 is 0 Å². The Morgan fingerprint density at radius 1 is 1.29 bits per heavy atom. The molecule has 1 aliphatic carbocycles. The zero-order valence-corrected chi connectivity index (χ0v) is 13.0. The van der Waals surface area contributed by atoms with E-state index in [1.165, 1.54) is 25.7 Å². The minimum absolute atomic E-state index is 0.391. The van der Waals surface area contributed by atoms with Gasteiger partial charge in [-0.05, 0) is 38.0 Å². The van der Waals surface area contributed by atoms with Gasteiger partial charge in [0.05, 0.1) is 0 Å². The molecule has 0 radical (unpaired) electrons. The number of aromatic nitrogens is 3. The highest BCUT2D eigenvalue weighted by atomic mass is 16.2. The molecule has 1 saturated heterocycles. The fourth-order valence-electron chi connectivity index (χ4n) is 3.87. The molecule has 2 aliphatic rings. The van der Waals surface area contributed by atoms with E-state index in [-0.39, 0.29) is 0 Å². The van der Waals surface area contributed by atoms with Gasteiger partial charge >= 0.3 is 0 Å². The minimum Gasteiger partial charge on any atom is -0.340 e. The van der Waals surface area contributed by atoms with Crippen molar-refractivity contribution in [2.75, 3.05) is 6.54 Å². The summed E-state index contributed by atoms with van der Waals surface area (Å²) >= 11 is 0. The Balaban J connectivity index is 1.52. The van der Waals surface area contributed by atoms with Crippen molar-refractivity contribution >= 4 is 5.91 Å². The zero-order valence-electron chi connectivity index (χ0n) is 13.0. The van der Waals surface area contributed by atoms with E-state index in [0.29, 0.717) is 17.9 Å². The first-order valence-electron chi connectivity index (χ1n) is 8.36. The molecule has 1 amide bonds. The molecule has 0 spiro atoms. The highest BCUT2D eigenvalue weighted by Gasteiger charge is 2.30. The van der Waals surface area contributed by atoms with Crippen LogP contribution in [0.2, 0.25) is 0 Å². The second-order valence-corrected chi connectivity index (χ2v) is 6.63. The molecule has 1 aliphatic heterocycles. The lowest BCUT2D eigenvalue weighted by Crippen LogP contribution is -2.36. The number of hydrogen-bond acceptors (Lipinski definition) is 3. The van der Waals surface area contributed by atoms with Crippen LogP contribution in [0, 0.1) is 5.92 Å². The third kappa shape index (κ3) is 3.44. The van der Waals surface area contributed by atoms with Gasteiger partial charge < -0.3 is 9.47 Å². The van der Waals surface area contributed by atoms with Gasteiger partial charge in [0.25, 0.3) is 0 Å². The number of aryl methyl sites for hydroxylation is 2. The average Bonchev–Trinajstić information content (AvgIpc) is 3.17. The molecule has 1 unspecified atom stereocenters. The van der Waals surface area contributed by atoms with Gasteiger partial charge in [0.2, 0.25) is 5.91 Å². The van der Waals surface area contributed by atoms with Crippen molar-refractivity contribution < 1.29 is 4.79 Å². The quantitative estimate of drug-likeness (QED) is 0.836. The van der Waals surface area contributed by atoms with Crippen molar-refractivity contribution in [2.45, 2.75) is 63.8 Å². The first-order chi connectivity index (χ1) is 10.2. The molecular weight excluding hydrogens is 264 g/mol. The molecule has 1 aromatic heterocycles. The fraction of sp³-hybridized carbons (Fsp3) is 0.812. The molecule has 3 rings (SSSR count). The lowest BCUT2D eigenvalue weighted by molar-refractivity contribution is -0.133. The summed E-state index contributed by atoms with van der Waals surface area (Å²) in [5, 5.41) is 8.06. The molecular formula is C16H26N4O. The summed E-state index contributed by atoms with van der Waals surface area (Å²) < 4.78 is 1.97. The summed E-state index contributed by atoms with van der Waals surface area (Å²) in [6, 6.07) is 0.413. The molecule has 0 N–H and O–H groups in total. The summed E-state index contributed by atoms with van der Waals surface area (Å²) in [7, 11) is 1.98. The SMILES string of the molecule is Cn1cnnc1CCC1CCCN1C(=O)CC1CCCC1. The molecule has 1 saturated carbocycles. The van der Waals surface area contributed by atoms with Crippen LogP contribution in [0.15, 0.2) is 6.33 Å². The van der Waals surface area contributed by atoms with E-state index in [0.717, 1.165) is 44.5 Å². The predicted molar refractivity (Wildman–Crippen MR) is 80.6 cm³/mol. The molecule has 2 fully saturated rings. The second kappa shape index (κ2) is 6.58. The van der Waals surface area contributed by atoms with Crippen LogP contribution in [0.25, 0.3) is 0 Å². The third-order valence-electron chi connectivity index (χ3n) is 5.14. The first-order valence-corrected chi connectivity index (χ1v) is 8.36. The maximum atomic E-state index is 12.5. The van der Waals surface area contributed by atoms with Gasteiger partial charge in [0.15, 0.2) is 0 Å². The van der Waals surface area contributed by atoms with E-state index in [9.17, 15) is 4.79 Å². The van der Waals surface area contributed by atoms with Crippen LogP contribution >= 0.6 is 0 Å². The highest BCUT2D eigenvalue weighted by Crippen LogP contribution is 2.30. The Kier molecular flexibility index (Phi) is 4.56. The van der Waals surface area contributed by atoms with Gasteiger partial charge in [-0.15, -0.1) is 10.2 Å². The first kappa shape index (κ1) is 14.5. The van der Waals surface area contributed by atoms with Crippen LogP contribution in [0.5, 0.6) is 0 Å².